The Bertz CT molecular complexity index is 543. The summed E-state index contributed by atoms with van der Waals surface area (Å²) in [5, 5.41) is -0.418. The van der Waals surface area contributed by atoms with Crippen molar-refractivity contribution in [3.05, 3.63) is 35.9 Å². The molecule has 1 aromatic carbocycles. The Hall–Kier alpha value is -0.910. The van der Waals surface area contributed by atoms with Crippen LogP contribution in [0.5, 0.6) is 0 Å². The van der Waals surface area contributed by atoms with Gasteiger partial charge in [0, 0.05) is 30.2 Å². The molecule has 0 bridgehead atoms. The zero-order chi connectivity index (χ0) is 14.8. The van der Waals surface area contributed by atoms with Gasteiger partial charge in [0.25, 0.3) is 0 Å². The largest absolute Gasteiger partial charge is 0.381 e. The Morgan fingerprint density at radius 2 is 1.90 bits per heavy atom. The summed E-state index contributed by atoms with van der Waals surface area (Å²) in [6, 6.07) is 9.76. The molecule has 0 saturated heterocycles. The molecule has 1 saturated carbocycles. The maximum atomic E-state index is 12.4. The smallest absolute Gasteiger partial charge is 0.154 e. The summed E-state index contributed by atoms with van der Waals surface area (Å²) in [5.74, 6) is 0.0970. The van der Waals surface area contributed by atoms with E-state index in [1.165, 1.54) is 0 Å². The highest BCUT2D eigenvalue weighted by molar-refractivity contribution is 7.92. The molecule has 2 N–H and O–H groups in total. The maximum absolute atomic E-state index is 12.4. The molecule has 0 unspecified atom stereocenters. The van der Waals surface area contributed by atoms with Gasteiger partial charge in [-0.15, -0.1) is 0 Å². The van der Waals surface area contributed by atoms with Crippen LogP contribution in [0.1, 0.15) is 25.3 Å². The molecule has 112 valence electrons. The SMILES string of the molecule is CCOC[C@@]1(CN)[C@H](S(=O)(=O)CC)[C@@H]1c1ccccc1. The van der Waals surface area contributed by atoms with E-state index >= 15 is 0 Å². The molecule has 3 atom stereocenters. The van der Waals surface area contributed by atoms with Crippen LogP contribution < -0.4 is 5.73 Å². The predicted molar refractivity (Wildman–Crippen MR) is 80.4 cm³/mol. The molecule has 1 fully saturated rings. The van der Waals surface area contributed by atoms with E-state index in [1.54, 1.807) is 6.92 Å². The normalized spacial score (nSPS) is 29.4. The van der Waals surface area contributed by atoms with Crippen molar-refractivity contribution < 1.29 is 13.2 Å². The van der Waals surface area contributed by atoms with Crippen LogP contribution in [-0.4, -0.2) is 39.2 Å². The first-order valence-corrected chi connectivity index (χ1v) is 8.79. The molecule has 2 rings (SSSR count). The van der Waals surface area contributed by atoms with Gasteiger partial charge in [0.2, 0.25) is 0 Å². The third-order valence-electron chi connectivity index (χ3n) is 4.28. The van der Waals surface area contributed by atoms with Crippen molar-refractivity contribution in [2.45, 2.75) is 25.0 Å². The highest BCUT2D eigenvalue weighted by Crippen LogP contribution is 2.62. The minimum atomic E-state index is -3.13. The summed E-state index contributed by atoms with van der Waals surface area (Å²) in [7, 11) is -3.13. The molecular weight excluding hydrogens is 274 g/mol. The third-order valence-corrected chi connectivity index (χ3v) is 6.60. The number of ether oxygens (including phenoxy) is 1. The van der Waals surface area contributed by atoms with Crippen molar-refractivity contribution in [2.24, 2.45) is 11.1 Å². The molecule has 1 aromatic rings. The van der Waals surface area contributed by atoms with E-state index in [-0.39, 0.29) is 11.7 Å². The van der Waals surface area contributed by atoms with Gasteiger partial charge in [-0.25, -0.2) is 8.42 Å². The molecule has 0 spiro atoms. The van der Waals surface area contributed by atoms with E-state index in [0.717, 1.165) is 5.56 Å². The number of benzene rings is 1. The van der Waals surface area contributed by atoms with Crippen LogP contribution in [0.2, 0.25) is 0 Å². The second-order valence-corrected chi connectivity index (χ2v) is 7.75. The summed E-state index contributed by atoms with van der Waals surface area (Å²) in [5.41, 5.74) is 6.51. The van der Waals surface area contributed by atoms with Gasteiger partial charge in [-0.05, 0) is 12.5 Å². The minimum absolute atomic E-state index is 0.0507. The molecule has 20 heavy (non-hydrogen) atoms. The molecule has 0 radical (unpaired) electrons. The van der Waals surface area contributed by atoms with E-state index in [0.29, 0.717) is 19.8 Å². The lowest BCUT2D eigenvalue weighted by Crippen LogP contribution is -2.29. The highest BCUT2D eigenvalue weighted by atomic mass is 32.2. The average Bonchev–Trinajstić information content (AvgIpc) is 3.16. The van der Waals surface area contributed by atoms with Gasteiger partial charge >= 0.3 is 0 Å². The van der Waals surface area contributed by atoms with Crippen LogP contribution in [0, 0.1) is 5.41 Å². The molecule has 0 aliphatic heterocycles. The van der Waals surface area contributed by atoms with Gasteiger partial charge in [-0.3, -0.25) is 0 Å². The van der Waals surface area contributed by atoms with Crippen molar-refractivity contribution in [2.75, 3.05) is 25.5 Å². The number of rotatable bonds is 7. The lowest BCUT2D eigenvalue weighted by molar-refractivity contribution is 0.101. The Kier molecular flexibility index (Phi) is 4.52. The van der Waals surface area contributed by atoms with Crippen LogP contribution in [0.4, 0.5) is 0 Å². The van der Waals surface area contributed by atoms with Crippen molar-refractivity contribution in [3.8, 4) is 0 Å². The van der Waals surface area contributed by atoms with E-state index < -0.39 is 20.5 Å². The summed E-state index contributed by atoms with van der Waals surface area (Å²) in [6.07, 6.45) is 0. The Balaban J connectivity index is 2.37. The highest BCUT2D eigenvalue weighted by Gasteiger charge is 2.69. The molecule has 0 heterocycles. The summed E-state index contributed by atoms with van der Waals surface area (Å²) >= 11 is 0. The molecule has 0 aromatic heterocycles. The topological polar surface area (TPSA) is 69.4 Å². The first-order chi connectivity index (χ1) is 9.53. The lowest BCUT2D eigenvalue weighted by Gasteiger charge is -2.15. The molecule has 5 heteroatoms. The van der Waals surface area contributed by atoms with Gasteiger partial charge in [0.05, 0.1) is 11.9 Å². The second kappa shape index (κ2) is 5.84. The van der Waals surface area contributed by atoms with Crippen LogP contribution in [0.15, 0.2) is 30.3 Å². The van der Waals surface area contributed by atoms with Gasteiger partial charge in [-0.1, -0.05) is 37.3 Å². The summed E-state index contributed by atoms with van der Waals surface area (Å²) in [4.78, 5) is 0. The Morgan fingerprint density at radius 3 is 2.40 bits per heavy atom. The minimum Gasteiger partial charge on any atom is -0.381 e. The monoisotopic (exact) mass is 297 g/mol. The van der Waals surface area contributed by atoms with Gasteiger partial charge < -0.3 is 10.5 Å². The fourth-order valence-corrected chi connectivity index (χ4v) is 5.28. The summed E-state index contributed by atoms with van der Waals surface area (Å²) in [6.45, 7) is 4.91. The van der Waals surface area contributed by atoms with Crippen LogP contribution in [0.25, 0.3) is 0 Å². The zero-order valence-electron chi connectivity index (χ0n) is 12.1. The van der Waals surface area contributed by atoms with E-state index in [2.05, 4.69) is 0 Å². The van der Waals surface area contributed by atoms with Crippen molar-refractivity contribution in [3.63, 3.8) is 0 Å². The molecule has 1 aliphatic carbocycles. The van der Waals surface area contributed by atoms with Crippen LogP contribution in [0.3, 0.4) is 0 Å². The molecule has 0 amide bonds. The van der Waals surface area contributed by atoms with Crippen LogP contribution in [-0.2, 0) is 14.6 Å². The first kappa shape index (κ1) is 15.5. The number of hydrogen-bond donors (Lipinski definition) is 1. The molecule has 4 nitrogen and oxygen atoms in total. The van der Waals surface area contributed by atoms with E-state index in [9.17, 15) is 8.42 Å². The maximum Gasteiger partial charge on any atom is 0.154 e. The van der Waals surface area contributed by atoms with Gasteiger partial charge in [-0.2, -0.15) is 0 Å². The predicted octanol–water partition coefficient (Wildman–Crippen LogP) is 1.57. The molecular formula is C15H23NO3S. The first-order valence-electron chi connectivity index (χ1n) is 7.07. The Labute approximate surface area is 121 Å². The van der Waals surface area contributed by atoms with E-state index in [4.69, 9.17) is 10.5 Å². The fourth-order valence-electron chi connectivity index (χ4n) is 3.13. The van der Waals surface area contributed by atoms with E-state index in [1.807, 2.05) is 37.3 Å². The summed E-state index contributed by atoms with van der Waals surface area (Å²) < 4.78 is 30.3. The number of sulfone groups is 1. The van der Waals surface area contributed by atoms with Gasteiger partial charge in [0.15, 0.2) is 9.84 Å². The van der Waals surface area contributed by atoms with Crippen molar-refractivity contribution >= 4 is 9.84 Å². The third kappa shape index (κ3) is 2.50. The van der Waals surface area contributed by atoms with Crippen molar-refractivity contribution in [1.82, 2.24) is 0 Å². The fraction of sp³-hybridized carbons (Fsp3) is 0.600. The number of nitrogens with two attached hydrogens (primary N) is 1. The average molecular weight is 297 g/mol. The molecule has 1 aliphatic rings. The number of hydrogen-bond acceptors (Lipinski definition) is 4. The second-order valence-electron chi connectivity index (χ2n) is 5.33. The van der Waals surface area contributed by atoms with Crippen LogP contribution >= 0.6 is 0 Å². The standard InChI is InChI=1S/C15H23NO3S/c1-3-19-11-15(10-16)13(12-8-6-5-7-9-12)14(15)20(17,18)4-2/h5-9,13-14H,3-4,10-11,16H2,1-2H3/t13-,14+,15+/m0/s1. The lowest BCUT2D eigenvalue weighted by atomic mass is 10.0. The zero-order valence-corrected chi connectivity index (χ0v) is 12.9. The van der Waals surface area contributed by atoms with Gasteiger partial charge in [0.1, 0.15) is 0 Å². The Morgan fingerprint density at radius 1 is 1.25 bits per heavy atom. The van der Waals surface area contributed by atoms with Crippen molar-refractivity contribution in [1.29, 1.82) is 0 Å². The quantitative estimate of drug-likeness (QED) is 0.829.